The number of hydrogen-bond donors (Lipinski definition) is 0. The molecule has 0 atom stereocenters. The number of aryl methyl sites for hydroxylation is 1. The third-order valence-corrected chi connectivity index (χ3v) is 7.62. The first-order valence-electron chi connectivity index (χ1n) is 9.96. The molecular weight excluding hydrogens is 534 g/mol. The highest BCUT2D eigenvalue weighted by Crippen LogP contribution is 2.39. The van der Waals surface area contributed by atoms with Gasteiger partial charge in [-0.3, -0.25) is 9.69 Å². The Morgan fingerprint density at radius 3 is 2.32 bits per heavy atom. The lowest BCUT2D eigenvalue weighted by atomic mass is 10.3. The molecular formula is C24H14Cl4N4OS. The van der Waals surface area contributed by atoms with Gasteiger partial charge in [0.1, 0.15) is 5.82 Å². The molecule has 1 aromatic heterocycles. The van der Waals surface area contributed by atoms with Crippen LogP contribution in [0.1, 0.15) is 5.82 Å². The number of nitrogens with zero attached hydrogens (tertiary/aromatic N) is 4. The van der Waals surface area contributed by atoms with Crippen molar-refractivity contribution in [3.63, 3.8) is 0 Å². The largest absolute Gasteiger partial charge is 0.328 e. The molecule has 0 spiro atoms. The van der Waals surface area contributed by atoms with Crippen LogP contribution in [-0.4, -0.2) is 20.6 Å². The van der Waals surface area contributed by atoms with Crippen LogP contribution in [0.4, 0.5) is 11.4 Å². The molecule has 5 nitrogen and oxygen atoms in total. The van der Waals surface area contributed by atoms with Gasteiger partial charge in [0.25, 0.3) is 5.91 Å². The summed E-state index contributed by atoms with van der Waals surface area (Å²) in [5.74, 6) is 0.399. The van der Waals surface area contributed by atoms with E-state index in [4.69, 9.17) is 46.4 Å². The van der Waals surface area contributed by atoms with Gasteiger partial charge in [-0.15, -0.1) is 0 Å². The molecule has 0 bridgehead atoms. The fourth-order valence-electron chi connectivity index (χ4n) is 3.48. The van der Waals surface area contributed by atoms with Gasteiger partial charge in [-0.25, -0.2) is 9.98 Å². The summed E-state index contributed by atoms with van der Waals surface area (Å²) in [4.78, 5) is 24.8. The molecule has 5 rings (SSSR count). The number of rotatable bonds is 3. The molecule has 10 heteroatoms. The highest BCUT2D eigenvalue weighted by atomic mass is 35.5. The number of anilines is 1. The number of imidazole rings is 1. The molecule has 34 heavy (non-hydrogen) atoms. The molecule has 1 aliphatic rings. The molecule has 0 N–H and O–H groups in total. The van der Waals surface area contributed by atoms with Gasteiger partial charge in [-0.2, -0.15) is 0 Å². The molecule has 0 unspecified atom stereocenters. The SMILES string of the molecule is Cn1c(C=C2SC(=Nc3ccc(Cl)c(Cl)c3)N(c3ccc(Cl)c(Cl)c3)C2=O)nc2ccccc21. The van der Waals surface area contributed by atoms with Gasteiger partial charge in [0.15, 0.2) is 5.17 Å². The highest BCUT2D eigenvalue weighted by molar-refractivity contribution is 8.19. The van der Waals surface area contributed by atoms with Gasteiger partial charge >= 0.3 is 0 Å². The number of aromatic nitrogens is 2. The number of para-hydroxylation sites is 2. The molecule has 1 aliphatic heterocycles. The zero-order chi connectivity index (χ0) is 24.0. The maximum atomic E-state index is 13.6. The van der Waals surface area contributed by atoms with E-state index in [9.17, 15) is 4.79 Å². The first kappa shape index (κ1) is 23.3. The minimum absolute atomic E-state index is 0.255. The summed E-state index contributed by atoms with van der Waals surface area (Å²) in [7, 11) is 1.91. The van der Waals surface area contributed by atoms with Crippen LogP contribution in [0, 0.1) is 0 Å². The second kappa shape index (κ2) is 9.29. The van der Waals surface area contributed by atoms with E-state index in [0.29, 0.717) is 47.4 Å². The third kappa shape index (κ3) is 4.32. The number of benzene rings is 3. The Labute approximate surface area is 219 Å². The average Bonchev–Trinajstić information content (AvgIpc) is 3.29. The van der Waals surface area contributed by atoms with Crippen LogP contribution in [0.3, 0.4) is 0 Å². The Kier molecular flexibility index (Phi) is 6.35. The summed E-state index contributed by atoms with van der Waals surface area (Å²) in [5.41, 5.74) is 2.91. The number of aliphatic imine (C=N–C) groups is 1. The Balaban J connectivity index is 1.62. The third-order valence-electron chi connectivity index (χ3n) is 5.18. The lowest BCUT2D eigenvalue weighted by Crippen LogP contribution is -2.28. The van der Waals surface area contributed by atoms with Gasteiger partial charge in [0.2, 0.25) is 0 Å². The predicted octanol–water partition coefficient (Wildman–Crippen LogP) is 8.00. The zero-order valence-corrected chi connectivity index (χ0v) is 21.3. The number of amides is 1. The lowest BCUT2D eigenvalue weighted by Gasteiger charge is -2.16. The summed E-state index contributed by atoms with van der Waals surface area (Å²) in [5, 5.41) is 1.95. The Hall–Kier alpha value is -2.48. The van der Waals surface area contributed by atoms with E-state index in [1.54, 1.807) is 42.5 Å². The van der Waals surface area contributed by atoms with E-state index in [2.05, 4.69) is 9.98 Å². The van der Waals surface area contributed by atoms with Crippen LogP contribution in [-0.2, 0) is 11.8 Å². The number of carbonyl (C=O) groups excluding carboxylic acids is 1. The summed E-state index contributed by atoms with van der Waals surface area (Å²) < 4.78 is 1.94. The number of carbonyl (C=O) groups is 1. The van der Waals surface area contributed by atoms with Crippen LogP contribution in [0.5, 0.6) is 0 Å². The van der Waals surface area contributed by atoms with Crippen molar-refractivity contribution in [3.05, 3.63) is 91.5 Å². The quantitative estimate of drug-likeness (QED) is 0.244. The molecule has 1 fully saturated rings. The van der Waals surface area contributed by atoms with Crippen molar-refractivity contribution in [1.82, 2.24) is 9.55 Å². The fourth-order valence-corrected chi connectivity index (χ4v) is 5.03. The Morgan fingerprint density at radius 2 is 1.62 bits per heavy atom. The van der Waals surface area contributed by atoms with Crippen LogP contribution in [0.15, 0.2) is 70.6 Å². The molecule has 2 heterocycles. The van der Waals surface area contributed by atoms with Crippen LogP contribution in [0.2, 0.25) is 20.1 Å². The molecule has 3 aromatic carbocycles. The van der Waals surface area contributed by atoms with E-state index >= 15 is 0 Å². The molecule has 4 aromatic rings. The van der Waals surface area contributed by atoms with Crippen LogP contribution < -0.4 is 4.90 Å². The van der Waals surface area contributed by atoms with Crippen LogP contribution in [0.25, 0.3) is 17.1 Å². The molecule has 0 saturated carbocycles. The molecule has 0 aliphatic carbocycles. The molecule has 0 radical (unpaired) electrons. The van der Waals surface area contributed by atoms with Crippen molar-refractivity contribution < 1.29 is 4.79 Å². The zero-order valence-electron chi connectivity index (χ0n) is 17.5. The molecule has 170 valence electrons. The summed E-state index contributed by atoms with van der Waals surface area (Å²) >= 11 is 25.8. The minimum Gasteiger partial charge on any atom is -0.328 e. The predicted molar refractivity (Wildman–Crippen MR) is 144 cm³/mol. The number of hydrogen-bond acceptors (Lipinski definition) is 4. The number of halogens is 4. The van der Waals surface area contributed by atoms with Crippen molar-refractivity contribution in [2.45, 2.75) is 0 Å². The lowest BCUT2D eigenvalue weighted by molar-refractivity contribution is -0.113. The van der Waals surface area contributed by atoms with Crippen molar-refractivity contribution in [3.8, 4) is 0 Å². The standard InChI is InChI=1S/C24H14Cl4N4OS/c1-31-20-5-3-2-4-19(20)30-22(31)12-21-23(33)32(14-7-9-16(26)18(28)11-14)24(34-21)29-13-6-8-15(25)17(27)10-13/h2-12H,1H3. The number of amidine groups is 1. The van der Waals surface area contributed by atoms with Gasteiger partial charge in [0.05, 0.1) is 47.4 Å². The normalized spacial score (nSPS) is 16.4. The number of thioether (sulfide) groups is 1. The van der Waals surface area contributed by atoms with Crippen molar-refractivity contribution in [1.29, 1.82) is 0 Å². The smallest absolute Gasteiger partial charge is 0.271 e. The van der Waals surface area contributed by atoms with Crippen molar-refractivity contribution in [2.24, 2.45) is 12.0 Å². The highest BCUT2D eigenvalue weighted by Gasteiger charge is 2.35. The van der Waals surface area contributed by atoms with Crippen molar-refractivity contribution in [2.75, 3.05) is 4.90 Å². The van der Waals surface area contributed by atoms with Crippen molar-refractivity contribution >= 4 is 97.7 Å². The topological polar surface area (TPSA) is 50.5 Å². The average molecular weight is 548 g/mol. The first-order chi connectivity index (χ1) is 16.3. The second-order valence-corrected chi connectivity index (χ2v) is 10.00. The minimum atomic E-state index is -0.255. The Bertz CT molecular complexity index is 1530. The summed E-state index contributed by atoms with van der Waals surface area (Å²) in [6.07, 6.45) is 1.76. The fraction of sp³-hybridized carbons (Fsp3) is 0.0417. The van der Waals surface area contributed by atoms with Gasteiger partial charge in [-0.1, -0.05) is 58.5 Å². The summed E-state index contributed by atoms with van der Waals surface area (Å²) in [6.45, 7) is 0. The first-order valence-corrected chi connectivity index (χ1v) is 12.3. The monoisotopic (exact) mass is 546 g/mol. The van der Waals surface area contributed by atoms with Gasteiger partial charge in [-0.05, 0) is 60.3 Å². The second-order valence-electron chi connectivity index (χ2n) is 7.36. The van der Waals surface area contributed by atoms with E-state index in [-0.39, 0.29) is 5.91 Å². The van der Waals surface area contributed by atoms with E-state index in [1.807, 2.05) is 35.9 Å². The number of fused-ring (bicyclic) bond motifs is 1. The van der Waals surface area contributed by atoms with E-state index < -0.39 is 0 Å². The van der Waals surface area contributed by atoms with Gasteiger partial charge < -0.3 is 4.57 Å². The maximum absolute atomic E-state index is 13.6. The van der Waals surface area contributed by atoms with Crippen LogP contribution >= 0.6 is 58.2 Å². The van der Waals surface area contributed by atoms with E-state index in [1.165, 1.54) is 16.7 Å². The molecule has 1 saturated heterocycles. The molecule has 1 amide bonds. The Morgan fingerprint density at radius 1 is 0.912 bits per heavy atom. The van der Waals surface area contributed by atoms with E-state index in [0.717, 1.165) is 11.0 Å². The summed E-state index contributed by atoms with van der Waals surface area (Å²) in [6, 6.07) is 17.8. The maximum Gasteiger partial charge on any atom is 0.271 e. The van der Waals surface area contributed by atoms with Gasteiger partial charge in [0, 0.05) is 13.1 Å².